The van der Waals surface area contributed by atoms with Crippen molar-refractivity contribution in [3.05, 3.63) is 46.4 Å². The second-order valence-electron chi connectivity index (χ2n) is 5.92. The van der Waals surface area contributed by atoms with Crippen LogP contribution in [0.4, 0.5) is 5.95 Å². The fourth-order valence-electron chi connectivity index (χ4n) is 2.85. The molecule has 0 aliphatic carbocycles. The highest BCUT2D eigenvalue weighted by Crippen LogP contribution is 2.19. The number of amides is 1. The molecule has 1 fully saturated rings. The molecule has 0 bridgehead atoms. The molecule has 1 saturated heterocycles. The van der Waals surface area contributed by atoms with E-state index in [1.54, 1.807) is 25.4 Å². The van der Waals surface area contributed by atoms with E-state index in [9.17, 15) is 9.59 Å². The van der Waals surface area contributed by atoms with E-state index < -0.39 is 11.5 Å². The van der Waals surface area contributed by atoms with Gasteiger partial charge < -0.3 is 15.2 Å². The summed E-state index contributed by atoms with van der Waals surface area (Å²) in [4.78, 5) is 41.1. The van der Waals surface area contributed by atoms with E-state index in [4.69, 9.17) is 0 Å². The quantitative estimate of drug-likeness (QED) is 0.848. The van der Waals surface area contributed by atoms with Gasteiger partial charge in [0.05, 0.1) is 0 Å². The molecule has 2 N–H and O–H groups in total. The van der Waals surface area contributed by atoms with Gasteiger partial charge in [0.2, 0.25) is 5.95 Å². The van der Waals surface area contributed by atoms with Crippen molar-refractivity contribution in [2.45, 2.75) is 19.8 Å². The SMILES string of the molecule is Cc1ncc(C(=O)NC[C@@H]2CCCN(c3ncccn3)C2)c(=O)[nH]1. The number of aromatic nitrogens is 4. The van der Waals surface area contributed by atoms with Crippen molar-refractivity contribution in [2.24, 2.45) is 5.92 Å². The minimum absolute atomic E-state index is 0.0414. The molecule has 126 valence electrons. The fraction of sp³-hybridized carbons (Fsp3) is 0.438. The van der Waals surface area contributed by atoms with Gasteiger partial charge in [0.15, 0.2) is 0 Å². The van der Waals surface area contributed by atoms with Gasteiger partial charge in [0.25, 0.3) is 11.5 Å². The summed E-state index contributed by atoms with van der Waals surface area (Å²) >= 11 is 0. The Labute approximate surface area is 139 Å². The number of aromatic amines is 1. The predicted molar refractivity (Wildman–Crippen MR) is 88.9 cm³/mol. The summed E-state index contributed by atoms with van der Waals surface area (Å²) in [6.45, 7) is 3.88. The highest BCUT2D eigenvalue weighted by Gasteiger charge is 2.22. The summed E-state index contributed by atoms with van der Waals surface area (Å²) in [6, 6.07) is 1.79. The first-order chi connectivity index (χ1) is 11.6. The number of nitrogens with one attached hydrogen (secondary N) is 2. The molecule has 8 heteroatoms. The molecule has 0 aromatic carbocycles. The van der Waals surface area contributed by atoms with Crippen LogP contribution in [-0.2, 0) is 0 Å². The number of carbonyl (C=O) groups excluding carboxylic acids is 1. The number of anilines is 1. The van der Waals surface area contributed by atoms with Gasteiger partial charge in [-0.15, -0.1) is 0 Å². The van der Waals surface area contributed by atoms with Gasteiger partial charge in [0.1, 0.15) is 11.4 Å². The third-order valence-electron chi connectivity index (χ3n) is 4.08. The van der Waals surface area contributed by atoms with Crippen molar-refractivity contribution in [1.82, 2.24) is 25.3 Å². The average Bonchev–Trinajstić information content (AvgIpc) is 2.61. The lowest BCUT2D eigenvalue weighted by Crippen LogP contribution is -2.42. The fourth-order valence-corrected chi connectivity index (χ4v) is 2.85. The summed E-state index contributed by atoms with van der Waals surface area (Å²) in [6.07, 6.45) is 6.81. The van der Waals surface area contributed by atoms with Crippen LogP contribution in [0.5, 0.6) is 0 Å². The first-order valence-corrected chi connectivity index (χ1v) is 7.99. The maximum Gasteiger partial charge on any atom is 0.263 e. The van der Waals surface area contributed by atoms with Crippen LogP contribution in [0.1, 0.15) is 29.0 Å². The maximum absolute atomic E-state index is 12.2. The van der Waals surface area contributed by atoms with Crippen LogP contribution >= 0.6 is 0 Å². The maximum atomic E-state index is 12.2. The Hall–Kier alpha value is -2.77. The first kappa shape index (κ1) is 16.1. The van der Waals surface area contributed by atoms with Gasteiger partial charge in [-0.3, -0.25) is 9.59 Å². The number of carbonyl (C=O) groups is 1. The number of nitrogens with zero attached hydrogens (tertiary/aromatic N) is 4. The zero-order valence-electron chi connectivity index (χ0n) is 13.5. The Morgan fingerprint density at radius 2 is 2.17 bits per heavy atom. The lowest BCUT2D eigenvalue weighted by atomic mass is 9.98. The third kappa shape index (κ3) is 3.76. The predicted octanol–water partition coefficient (Wildman–Crippen LogP) is 0.515. The van der Waals surface area contributed by atoms with Crippen molar-refractivity contribution in [1.29, 1.82) is 0 Å². The van der Waals surface area contributed by atoms with Crippen LogP contribution in [-0.4, -0.2) is 45.5 Å². The van der Waals surface area contributed by atoms with Crippen molar-refractivity contribution in [3.8, 4) is 0 Å². The number of hydrogen-bond acceptors (Lipinski definition) is 6. The normalized spacial score (nSPS) is 17.5. The van der Waals surface area contributed by atoms with Crippen LogP contribution in [0.3, 0.4) is 0 Å². The molecule has 1 aliphatic rings. The molecule has 0 saturated carbocycles. The second-order valence-corrected chi connectivity index (χ2v) is 5.92. The number of aryl methyl sites for hydroxylation is 1. The van der Waals surface area contributed by atoms with Crippen molar-refractivity contribution in [2.75, 3.05) is 24.5 Å². The molecular formula is C16H20N6O2. The summed E-state index contributed by atoms with van der Waals surface area (Å²) in [5.41, 5.74) is -0.373. The molecule has 3 heterocycles. The van der Waals surface area contributed by atoms with E-state index in [2.05, 4.69) is 30.2 Å². The standard InChI is InChI=1S/C16H20N6O2/c1-11-19-9-13(15(24)21-11)14(23)20-8-12-4-2-7-22(10-12)16-17-5-3-6-18-16/h3,5-6,9,12H,2,4,7-8,10H2,1H3,(H,20,23)(H,19,21,24)/t12-/m0/s1. The Kier molecular flexibility index (Phi) is 4.83. The second kappa shape index (κ2) is 7.20. The Morgan fingerprint density at radius 1 is 1.38 bits per heavy atom. The lowest BCUT2D eigenvalue weighted by Gasteiger charge is -2.32. The van der Waals surface area contributed by atoms with E-state index >= 15 is 0 Å². The molecular weight excluding hydrogens is 308 g/mol. The number of rotatable bonds is 4. The van der Waals surface area contributed by atoms with E-state index in [1.807, 2.05) is 0 Å². The molecule has 0 spiro atoms. The molecule has 2 aromatic heterocycles. The molecule has 3 rings (SSSR count). The van der Waals surface area contributed by atoms with Gasteiger partial charge in [0, 0.05) is 38.2 Å². The smallest absolute Gasteiger partial charge is 0.263 e. The molecule has 0 unspecified atom stereocenters. The van der Waals surface area contributed by atoms with E-state index in [0.29, 0.717) is 24.2 Å². The highest BCUT2D eigenvalue weighted by molar-refractivity contribution is 5.93. The lowest BCUT2D eigenvalue weighted by molar-refractivity contribution is 0.0943. The van der Waals surface area contributed by atoms with Gasteiger partial charge in [-0.25, -0.2) is 15.0 Å². The molecule has 2 aromatic rings. The first-order valence-electron chi connectivity index (χ1n) is 7.99. The number of hydrogen-bond donors (Lipinski definition) is 2. The van der Waals surface area contributed by atoms with Gasteiger partial charge in [-0.2, -0.15) is 0 Å². The van der Waals surface area contributed by atoms with Gasteiger partial charge >= 0.3 is 0 Å². The molecule has 1 aliphatic heterocycles. The molecule has 0 radical (unpaired) electrons. The summed E-state index contributed by atoms with van der Waals surface area (Å²) in [5.74, 6) is 1.11. The number of H-pyrrole nitrogens is 1. The van der Waals surface area contributed by atoms with Crippen LogP contribution in [0.2, 0.25) is 0 Å². The van der Waals surface area contributed by atoms with E-state index in [-0.39, 0.29) is 5.56 Å². The minimum Gasteiger partial charge on any atom is -0.351 e. The van der Waals surface area contributed by atoms with Crippen LogP contribution in [0.15, 0.2) is 29.5 Å². The van der Waals surface area contributed by atoms with Crippen LogP contribution in [0.25, 0.3) is 0 Å². The van der Waals surface area contributed by atoms with Crippen molar-refractivity contribution < 1.29 is 4.79 Å². The van der Waals surface area contributed by atoms with Gasteiger partial charge in [-0.1, -0.05) is 0 Å². The Bertz CT molecular complexity index is 761. The van der Waals surface area contributed by atoms with E-state index in [1.165, 1.54) is 6.20 Å². The molecule has 8 nitrogen and oxygen atoms in total. The molecule has 24 heavy (non-hydrogen) atoms. The van der Waals surface area contributed by atoms with Crippen molar-refractivity contribution in [3.63, 3.8) is 0 Å². The average molecular weight is 328 g/mol. The zero-order valence-corrected chi connectivity index (χ0v) is 13.5. The Morgan fingerprint density at radius 3 is 2.92 bits per heavy atom. The largest absolute Gasteiger partial charge is 0.351 e. The van der Waals surface area contributed by atoms with Gasteiger partial charge in [-0.05, 0) is 31.7 Å². The molecule has 1 atom stereocenters. The summed E-state index contributed by atoms with van der Waals surface area (Å²) in [7, 11) is 0. The van der Waals surface area contributed by atoms with Crippen molar-refractivity contribution >= 4 is 11.9 Å². The Balaban J connectivity index is 1.58. The van der Waals surface area contributed by atoms with Crippen LogP contribution in [0, 0.1) is 12.8 Å². The number of piperidine rings is 1. The molecule has 1 amide bonds. The van der Waals surface area contributed by atoms with E-state index in [0.717, 1.165) is 25.9 Å². The third-order valence-corrected chi connectivity index (χ3v) is 4.08. The summed E-state index contributed by atoms with van der Waals surface area (Å²) < 4.78 is 0. The zero-order chi connectivity index (χ0) is 16.9. The monoisotopic (exact) mass is 328 g/mol. The topological polar surface area (TPSA) is 104 Å². The minimum atomic E-state index is -0.414. The van der Waals surface area contributed by atoms with Crippen LogP contribution < -0.4 is 15.8 Å². The highest BCUT2D eigenvalue weighted by atomic mass is 16.2. The summed E-state index contributed by atoms with van der Waals surface area (Å²) in [5, 5.41) is 2.83.